The van der Waals surface area contributed by atoms with Gasteiger partial charge in [-0.25, -0.2) is 0 Å². The van der Waals surface area contributed by atoms with Crippen molar-refractivity contribution in [1.82, 2.24) is 4.98 Å². The van der Waals surface area contributed by atoms with Crippen molar-refractivity contribution in [2.75, 3.05) is 0 Å². The molecule has 0 aliphatic rings. The second-order valence-electron chi connectivity index (χ2n) is 3.62. The van der Waals surface area contributed by atoms with Crippen LogP contribution in [0.1, 0.15) is 11.1 Å². The fourth-order valence-electron chi connectivity index (χ4n) is 1.62. The summed E-state index contributed by atoms with van der Waals surface area (Å²) in [6.45, 7) is 0. The van der Waals surface area contributed by atoms with Gasteiger partial charge in [0.2, 0.25) is 0 Å². The zero-order chi connectivity index (χ0) is 12.3. The van der Waals surface area contributed by atoms with Gasteiger partial charge in [-0.3, -0.25) is 9.54 Å². The molecule has 0 radical (unpaired) electrons. The molecule has 4 nitrogen and oxygen atoms in total. The van der Waals surface area contributed by atoms with E-state index in [1.165, 1.54) is 6.07 Å². The molecule has 0 fully saturated rings. The van der Waals surface area contributed by atoms with Crippen molar-refractivity contribution in [3.05, 3.63) is 59.9 Å². The predicted molar refractivity (Wildman–Crippen MR) is 63.3 cm³/mol. The smallest absolute Gasteiger partial charge is 0.282 e. The lowest BCUT2D eigenvalue weighted by molar-refractivity contribution is 0.482. The maximum absolute atomic E-state index is 11.2. The molecular formula is C12H11NO3S. The Kier molecular flexibility index (Phi) is 3.21. The first kappa shape index (κ1) is 11.8. The van der Waals surface area contributed by atoms with Crippen LogP contribution in [-0.4, -0.2) is 18.0 Å². The Morgan fingerprint density at radius 1 is 1.06 bits per heavy atom. The van der Waals surface area contributed by atoms with Gasteiger partial charge < -0.3 is 0 Å². The van der Waals surface area contributed by atoms with Crippen molar-refractivity contribution in [3.63, 3.8) is 0 Å². The lowest BCUT2D eigenvalue weighted by Gasteiger charge is -2.06. The average Bonchev–Trinajstić information content (AvgIpc) is 2.30. The minimum absolute atomic E-state index is 0.0446. The molecule has 2 rings (SSSR count). The molecule has 0 amide bonds. The number of nitrogens with zero attached hydrogens (tertiary/aromatic N) is 1. The van der Waals surface area contributed by atoms with Gasteiger partial charge >= 0.3 is 0 Å². The van der Waals surface area contributed by atoms with Crippen molar-refractivity contribution in [2.24, 2.45) is 0 Å². The third-order valence-corrected chi connectivity index (χ3v) is 3.35. The van der Waals surface area contributed by atoms with Gasteiger partial charge in [0.1, 0.15) is 0 Å². The summed E-state index contributed by atoms with van der Waals surface area (Å²) >= 11 is 0. The lowest BCUT2D eigenvalue weighted by Crippen LogP contribution is -2.03. The first-order valence-electron chi connectivity index (χ1n) is 5.01. The molecule has 1 heterocycles. The van der Waals surface area contributed by atoms with Gasteiger partial charge in [-0.05, 0) is 35.7 Å². The van der Waals surface area contributed by atoms with Crippen molar-refractivity contribution >= 4 is 10.1 Å². The maximum Gasteiger partial charge on any atom is 0.294 e. The molecule has 0 aliphatic heterocycles. The molecule has 0 spiro atoms. The Hall–Kier alpha value is -1.72. The van der Waals surface area contributed by atoms with E-state index in [0.717, 1.165) is 5.56 Å². The van der Waals surface area contributed by atoms with Crippen molar-refractivity contribution < 1.29 is 13.0 Å². The minimum atomic E-state index is -4.17. The summed E-state index contributed by atoms with van der Waals surface area (Å²) in [4.78, 5) is 3.85. The Labute approximate surface area is 99.7 Å². The summed E-state index contributed by atoms with van der Waals surface area (Å²) in [5, 5.41) is 0. The van der Waals surface area contributed by atoms with Crippen LogP contribution in [0.3, 0.4) is 0 Å². The van der Waals surface area contributed by atoms with Crippen LogP contribution >= 0.6 is 0 Å². The van der Waals surface area contributed by atoms with Gasteiger partial charge in [0.15, 0.2) is 0 Å². The summed E-state index contributed by atoms with van der Waals surface area (Å²) in [5.41, 5.74) is 1.51. The third-order valence-electron chi connectivity index (χ3n) is 2.39. The van der Waals surface area contributed by atoms with Gasteiger partial charge in [0, 0.05) is 12.4 Å². The molecule has 0 saturated heterocycles. The first-order valence-corrected chi connectivity index (χ1v) is 6.45. The van der Waals surface area contributed by atoms with Gasteiger partial charge in [0.05, 0.1) is 4.90 Å². The molecule has 0 aliphatic carbocycles. The molecule has 1 N–H and O–H groups in total. The summed E-state index contributed by atoms with van der Waals surface area (Å²) in [6.07, 6.45) is 3.73. The van der Waals surface area contributed by atoms with E-state index in [1.54, 1.807) is 42.7 Å². The monoisotopic (exact) mass is 249 g/mol. The highest BCUT2D eigenvalue weighted by Gasteiger charge is 2.14. The molecule has 1 aromatic heterocycles. The zero-order valence-electron chi connectivity index (χ0n) is 8.95. The van der Waals surface area contributed by atoms with Gasteiger partial charge in [0.25, 0.3) is 10.1 Å². The molecule has 17 heavy (non-hydrogen) atoms. The summed E-state index contributed by atoms with van der Waals surface area (Å²) < 4.78 is 31.5. The zero-order valence-corrected chi connectivity index (χ0v) is 9.76. The van der Waals surface area contributed by atoms with Crippen LogP contribution < -0.4 is 0 Å². The van der Waals surface area contributed by atoms with E-state index in [1.807, 2.05) is 0 Å². The first-order chi connectivity index (χ1) is 8.07. The Balaban J connectivity index is 2.41. The van der Waals surface area contributed by atoms with Crippen molar-refractivity contribution in [3.8, 4) is 0 Å². The Bertz CT molecular complexity index is 609. The van der Waals surface area contributed by atoms with E-state index in [9.17, 15) is 8.42 Å². The van der Waals surface area contributed by atoms with Crippen molar-refractivity contribution in [1.29, 1.82) is 0 Å². The van der Waals surface area contributed by atoms with E-state index < -0.39 is 10.1 Å². The highest BCUT2D eigenvalue weighted by Crippen LogP contribution is 2.18. The molecular weight excluding hydrogens is 238 g/mol. The normalized spacial score (nSPS) is 11.4. The molecule has 0 saturated carbocycles. The summed E-state index contributed by atoms with van der Waals surface area (Å²) in [7, 11) is -4.17. The molecule has 0 unspecified atom stereocenters. The van der Waals surface area contributed by atoms with Crippen molar-refractivity contribution in [2.45, 2.75) is 11.3 Å². The number of rotatable bonds is 3. The summed E-state index contributed by atoms with van der Waals surface area (Å²) in [6, 6.07) is 10.0. The second kappa shape index (κ2) is 4.65. The maximum atomic E-state index is 11.2. The van der Waals surface area contributed by atoms with Crippen LogP contribution in [0, 0.1) is 0 Å². The van der Waals surface area contributed by atoms with E-state index in [0.29, 0.717) is 12.0 Å². The van der Waals surface area contributed by atoms with Gasteiger partial charge in [-0.15, -0.1) is 0 Å². The quantitative estimate of drug-likeness (QED) is 0.844. The van der Waals surface area contributed by atoms with Gasteiger partial charge in [-0.2, -0.15) is 8.42 Å². The van der Waals surface area contributed by atoms with Crippen LogP contribution in [0.4, 0.5) is 0 Å². The Morgan fingerprint density at radius 2 is 1.71 bits per heavy atom. The fraction of sp³-hybridized carbons (Fsp3) is 0.0833. The number of pyridine rings is 1. The van der Waals surface area contributed by atoms with Crippen LogP contribution in [0.2, 0.25) is 0 Å². The summed E-state index contributed by atoms with van der Waals surface area (Å²) in [5.74, 6) is 0. The predicted octanol–water partition coefficient (Wildman–Crippen LogP) is 1.92. The van der Waals surface area contributed by atoms with Crippen LogP contribution in [-0.2, 0) is 16.5 Å². The van der Waals surface area contributed by atoms with E-state index >= 15 is 0 Å². The molecule has 2 aromatic rings. The SMILES string of the molecule is O=S(=O)(O)c1ccccc1Cc1ccncc1. The van der Waals surface area contributed by atoms with Crippen LogP contribution in [0.15, 0.2) is 53.7 Å². The molecule has 0 bridgehead atoms. The highest BCUT2D eigenvalue weighted by molar-refractivity contribution is 7.85. The van der Waals surface area contributed by atoms with Crippen LogP contribution in [0.5, 0.6) is 0 Å². The highest BCUT2D eigenvalue weighted by atomic mass is 32.2. The molecule has 0 atom stereocenters. The van der Waals surface area contributed by atoms with Gasteiger partial charge in [-0.1, -0.05) is 18.2 Å². The second-order valence-corrected chi connectivity index (χ2v) is 5.00. The van der Waals surface area contributed by atoms with Crippen LogP contribution in [0.25, 0.3) is 0 Å². The molecule has 5 heteroatoms. The topological polar surface area (TPSA) is 67.3 Å². The fourth-order valence-corrected chi connectivity index (χ4v) is 2.34. The molecule has 88 valence electrons. The average molecular weight is 249 g/mol. The van der Waals surface area contributed by atoms with E-state index in [2.05, 4.69) is 4.98 Å². The number of aromatic nitrogens is 1. The number of hydrogen-bond donors (Lipinski definition) is 1. The number of benzene rings is 1. The standard InChI is InChI=1S/C12H11NO3S/c14-17(15,16)12-4-2-1-3-11(12)9-10-5-7-13-8-6-10/h1-8H,9H2,(H,14,15,16). The largest absolute Gasteiger partial charge is 0.294 e. The minimum Gasteiger partial charge on any atom is -0.282 e. The number of hydrogen-bond acceptors (Lipinski definition) is 3. The lowest BCUT2D eigenvalue weighted by atomic mass is 10.1. The Morgan fingerprint density at radius 3 is 2.35 bits per heavy atom. The molecule has 1 aromatic carbocycles. The third kappa shape index (κ3) is 2.89. The van der Waals surface area contributed by atoms with E-state index in [-0.39, 0.29) is 4.90 Å². The van der Waals surface area contributed by atoms with E-state index in [4.69, 9.17) is 4.55 Å².